The lowest BCUT2D eigenvalue weighted by atomic mass is 9.94. The number of benzene rings is 2. The quantitative estimate of drug-likeness (QED) is 0.824. The summed E-state index contributed by atoms with van der Waals surface area (Å²) in [7, 11) is 3.25. The zero-order valence-electron chi connectivity index (χ0n) is 15.1. The van der Waals surface area contributed by atoms with Crippen LogP contribution >= 0.6 is 0 Å². The zero-order chi connectivity index (χ0) is 18.0. The van der Waals surface area contributed by atoms with Crippen LogP contribution in [0.5, 0.6) is 11.5 Å². The predicted octanol–water partition coefficient (Wildman–Crippen LogP) is 4.11. The van der Waals surface area contributed by atoms with Crippen LogP contribution in [0.1, 0.15) is 25.0 Å². The van der Waals surface area contributed by atoms with E-state index in [4.69, 9.17) is 9.47 Å². The number of methoxy groups -OCH3 is 2. The molecule has 1 aliphatic rings. The van der Waals surface area contributed by atoms with Crippen LogP contribution in [0.25, 0.3) is 5.70 Å². The summed E-state index contributed by atoms with van der Waals surface area (Å²) < 4.78 is 10.7. The van der Waals surface area contributed by atoms with Crippen LogP contribution in [-0.2, 0) is 11.3 Å². The Kier molecular flexibility index (Phi) is 4.53. The lowest BCUT2D eigenvalue weighted by Crippen LogP contribution is -2.32. The van der Waals surface area contributed by atoms with Gasteiger partial charge in [0.1, 0.15) is 11.5 Å². The molecular formula is C21H23NO3. The highest BCUT2D eigenvalue weighted by Gasteiger charge is 2.39. The maximum absolute atomic E-state index is 12.9. The van der Waals surface area contributed by atoms with Crippen LogP contribution < -0.4 is 9.47 Å². The van der Waals surface area contributed by atoms with Crippen molar-refractivity contribution in [3.8, 4) is 11.5 Å². The van der Waals surface area contributed by atoms with E-state index in [1.165, 1.54) is 0 Å². The van der Waals surface area contributed by atoms with E-state index in [0.29, 0.717) is 12.3 Å². The van der Waals surface area contributed by atoms with Crippen molar-refractivity contribution in [3.63, 3.8) is 0 Å². The molecule has 2 aromatic carbocycles. The molecule has 0 spiro atoms. The van der Waals surface area contributed by atoms with Gasteiger partial charge in [0.15, 0.2) is 0 Å². The van der Waals surface area contributed by atoms with E-state index in [1.807, 2.05) is 73.4 Å². The summed E-state index contributed by atoms with van der Waals surface area (Å²) in [6, 6.07) is 15.7. The van der Waals surface area contributed by atoms with Crippen LogP contribution in [0, 0.1) is 5.41 Å². The van der Waals surface area contributed by atoms with Crippen molar-refractivity contribution < 1.29 is 14.3 Å². The van der Waals surface area contributed by atoms with Crippen LogP contribution in [0.2, 0.25) is 0 Å². The topological polar surface area (TPSA) is 38.8 Å². The smallest absolute Gasteiger partial charge is 0.236 e. The van der Waals surface area contributed by atoms with Gasteiger partial charge in [-0.1, -0.05) is 30.3 Å². The second kappa shape index (κ2) is 6.63. The first-order chi connectivity index (χ1) is 12.0. The summed E-state index contributed by atoms with van der Waals surface area (Å²) in [5.74, 6) is 1.53. The summed E-state index contributed by atoms with van der Waals surface area (Å²) in [6.45, 7) is 4.35. The van der Waals surface area contributed by atoms with Gasteiger partial charge in [-0.2, -0.15) is 0 Å². The Balaban J connectivity index is 1.98. The van der Waals surface area contributed by atoms with Crippen molar-refractivity contribution in [1.29, 1.82) is 0 Å². The molecule has 0 aromatic heterocycles. The van der Waals surface area contributed by atoms with Crippen LogP contribution in [0.3, 0.4) is 0 Å². The highest BCUT2D eigenvalue weighted by atomic mass is 16.5. The number of carbonyl (C=O) groups is 1. The maximum Gasteiger partial charge on any atom is 0.236 e. The molecule has 4 heteroatoms. The second-order valence-electron chi connectivity index (χ2n) is 6.69. The van der Waals surface area contributed by atoms with Gasteiger partial charge in [0.2, 0.25) is 5.91 Å². The maximum atomic E-state index is 12.9. The van der Waals surface area contributed by atoms with Gasteiger partial charge in [-0.3, -0.25) is 4.79 Å². The van der Waals surface area contributed by atoms with Gasteiger partial charge in [0.05, 0.1) is 26.2 Å². The van der Waals surface area contributed by atoms with E-state index in [9.17, 15) is 4.79 Å². The van der Waals surface area contributed by atoms with E-state index in [2.05, 4.69) is 0 Å². The molecule has 0 fully saturated rings. The molecule has 2 aromatic rings. The predicted molar refractivity (Wildman–Crippen MR) is 98.3 cm³/mol. The van der Waals surface area contributed by atoms with E-state index in [-0.39, 0.29) is 5.91 Å². The van der Waals surface area contributed by atoms with Crippen molar-refractivity contribution >= 4 is 11.6 Å². The Morgan fingerprint density at radius 2 is 1.72 bits per heavy atom. The number of amides is 1. The molecule has 0 atom stereocenters. The normalized spacial score (nSPS) is 15.9. The SMILES string of the molecule is COc1ccc(CN2C(=O)C(C)(C)C=C2c2ccccc2)c(OC)c1. The molecule has 4 nitrogen and oxygen atoms in total. The van der Waals surface area contributed by atoms with E-state index < -0.39 is 5.41 Å². The Hall–Kier alpha value is -2.75. The molecule has 0 aliphatic carbocycles. The number of hydrogen-bond donors (Lipinski definition) is 0. The average molecular weight is 337 g/mol. The second-order valence-corrected chi connectivity index (χ2v) is 6.69. The Morgan fingerprint density at radius 3 is 2.36 bits per heavy atom. The van der Waals surface area contributed by atoms with Crippen LogP contribution in [-0.4, -0.2) is 25.0 Å². The Morgan fingerprint density at radius 1 is 1.00 bits per heavy atom. The number of nitrogens with zero attached hydrogens (tertiary/aromatic N) is 1. The molecule has 25 heavy (non-hydrogen) atoms. The van der Waals surface area contributed by atoms with Gasteiger partial charge in [-0.15, -0.1) is 0 Å². The largest absolute Gasteiger partial charge is 0.497 e. The van der Waals surface area contributed by atoms with Crippen LogP contribution in [0.15, 0.2) is 54.6 Å². The third-order valence-corrected chi connectivity index (χ3v) is 4.48. The first-order valence-corrected chi connectivity index (χ1v) is 8.27. The molecular weight excluding hydrogens is 314 g/mol. The number of ether oxygens (including phenoxy) is 2. The van der Waals surface area contributed by atoms with E-state index >= 15 is 0 Å². The van der Waals surface area contributed by atoms with Gasteiger partial charge in [-0.05, 0) is 37.6 Å². The molecule has 130 valence electrons. The van der Waals surface area contributed by atoms with Crippen molar-refractivity contribution in [2.24, 2.45) is 5.41 Å². The minimum Gasteiger partial charge on any atom is -0.497 e. The molecule has 0 radical (unpaired) electrons. The fraction of sp³-hybridized carbons (Fsp3) is 0.286. The van der Waals surface area contributed by atoms with E-state index in [0.717, 1.165) is 22.6 Å². The monoisotopic (exact) mass is 337 g/mol. The minimum atomic E-state index is -0.523. The highest BCUT2D eigenvalue weighted by Crippen LogP contribution is 2.39. The summed E-state index contributed by atoms with van der Waals surface area (Å²) in [6.07, 6.45) is 2.04. The zero-order valence-corrected chi connectivity index (χ0v) is 15.1. The summed E-state index contributed by atoms with van der Waals surface area (Å²) in [5, 5.41) is 0. The fourth-order valence-corrected chi connectivity index (χ4v) is 3.10. The molecule has 0 saturated heterocycles. The molecule has 0 unspecified atom stereocenters. The van der Waals surface area contributed by atoms with Crippen molar-refractivity contribution in [2.45, 2.75) is 20.4 Å². The first-order valence-electron chi connectivity index (χ1n) is 8.27. The number of hydrogen-bond acceptors (Lipinski definition) is 3. The third kappa shape index (κ3) is 3.25. The van der Waals surface area contributed by atoms with Gasteiger partial charge >= 0.3 is 0 Å². The molecule has 3 rings (SSSR count). The first kappa shape index (κ1) is 17.1. The summed E-state index contributed by atoms with van der Waals surface area (Å²) in [5.41, 5.74) is 2.39. The molecule has 1 heterocycles. The number of carbonyl (C=O) groups excluding carboxylic acids is 1. The van der Waals surface area contributed by atoms with Gasteiger partial charge < -0.3 is 14.4 Å². The number of rotatable bonds is 5. The minimum absolute atomic E-state index is 0.0872. The summed E-state index contributed by atoms with van der Waals surface area (Å²) >= 11 is 0. The lowest BCUT2D eigenvalue weighted by molar-refractivity contribution is -0.133. The molecule has 1 amide bonds. The molecule has 0 saturated carbocycles. The molecule has 0 bridgehead atoms. The van der Waals surface area contributed by atoms with Gasteiger partial charge in [0, 0.05) is 17.3 Å². The van der Waals surface area contributed by atoms with Crippen molar-refractivity contribution in [3.05, 3.63) is 65.7 Å². The van der Waals surface area contributed by atoms with E-state index in [1.54, 1.807) is 14.2 Å². The third-order valence-electron chi connectivity index (χ3n) is 4.48. The lowest BCUT2D eigenvalue weighted by Gasteiger charge is -2.24. The van der Waals surface area contributed by atoms with Crippen molar-refractivity contribution in [1.82, 2.24) is 4.90 Å². The Labute approximate surface area is 148 Å². The summed E-state index contributed by atoms with van der Waals surface area (Å²) in [4.78, 5) is 14.8. The molecule has 1 aliphatic heterocycles. The highest BCUT2D eigenvalue weighted by molar-refractivity contribution is 5.98. The molecule has 0 N–H and O–H groups in total. The van der Waals surface area contributed by atoms with Gasteiger partial charge in [0.25, 0.3) is 0 Å². The Bertz CT molecular complexity index is 809. The van der Waals surface area contributed by atoms with Crippen LogP contribution in [0.4, 0.5) is 0 Å². The fourth-order valence-electron chi connectivity index (χ4n) is 3.10. The van der Waals surface area contributed by atoms with Gasteiger partial charge in [-0.25, -0.2) is 0 Å². The van der Waals surface area contributed by atoms with Crippen molar-refractivity contribution in [2.75, 3.05) is 14.2 Å². The average Bonchev–Trinajstić information content (AvgIpc) is 2.86. The standard InChI is InChI=1S/C21H23NO3/c1-21(2)13-18(15-8-6-5-7-9-15)22(20(21)23)14-16-10-11-17(24-3)12-19(16)25-4/h5-13H,14H2,1-4H3.